The van der Waals surface area contributed by atoms with Gasteiger partial charge in [-0.15, -0.1) is 0 Å². The predicted molar refractivity (Wildman–Crippen MR) is 70.3 cm³/mol. The molecule has 5 nitrogen and oxygen atoms in total. The first-order valence-corrected chi connectivity index (χ1v) is 6.01. The first kappa shape index (κ1) is 13.3. The summed E-state index contributed by atoms with van der Waals surface area (Å²) in [6, 6.07) is 7.00. The second-order valence-corrected chi connectivity index (χ2v) is 3.89. The van der Waals surface area contributed by atoms with Gasteiger partial charge in [0.05, 0.1) is 25.6 Å². The minimum atomic E-state index is -0.858. The number of pyridine rings is 2. The fourth-order valence-corrected chi connectivity index (χ4v) is 1.70. The predicted octanol–water partition coefficient (Wildman–Crippen LogP) is 1.97. The Bertz CT molecular complexity index is 546. The molecule has 1 atom stereocenters. The van der Waals surface area contributed by atoms with Gasteiger partial charge in [0, 0.05) is 17.8 Å². The van der Waals surface area contributed by atoms with Crippen molar-refractivity contribution in [2.45, 2.75) is 13.0 Å². The third-order valence-corrected chi connectivity index (χ3v) is 2.60. The van der Waals surface area contributed by atoms with Crippen LogP contribution in [0.25, 0.3) is 0 Å². The maximum Gasteiger partial charge on any atom is 0.213 e. The van der Waals surface area contributed by atoms with Crippen LogP contribution in [0.2, 0.25) is 0 Å². The lowest BCUT2D eigenvalue weighted by Gasteiger charge is -2.12. The molecule has 100 valence electrons. The molecule has 0 saturated heterocycles. The van der Waals surface area contributed by atoms with E-state index in [0.717, 1.165) is 0 Å². The molecule has 0 bridgehead atoms. The van der Waals surface area contributed by atoms with Crippen molar-refractivity contribution in [2.24, 2.45) is 0 Å². The van der Waals surface area contributed by atoms with Gasteiger partial charge in [-0.1, -0.05) is 6.07 Å². The first-order valence-electron chi connectivity index (χ1n) is 6.01. The third-order valence-electron chi connectivity index (χ3n) is 2.60. The van der Waals surface area contributed by atoms with Gasteiger partial charge in [0.25, 0.3) is 0 Å². The summed E-state index contributed by atoms with van der Waals surface area (Å²) >= 11 is 0. The number of hydrogen-bond acceptors (Lipinski definition) is 5. The van der Waals surface area contributed by atoms with Gasteiger partial charge in [0.15, 0.2) is 0 Å². The van der Waals surface area contributed by atoms with Crippen LogP contribution in [0.4, 0.5) is 0 Å². The summed E-state index contributed by atoms with van der Waals surface area (Å²) in [6.07, 6.45) is 2.34. The van der Waals surface area contributed by atoms with E-state index in [1.54, 1.807) is 36.7 Å². The summed E-state index contributed by atoms with van der Waals surface area (Å²) in [6.45, 7) is 2.45. The van der Waals surface area contributed by atoms with Crippen LogP contribution in [0.1, 0.15) is 24.3 Å². The second-order valence-electron chi connectivity index (χ2n) is 3.89. The van der Waals surface area contributed by atoms with Gasteiger partial charge in [0.1, 0.15) is 11.9 Å². The molecule has 19 heavy (non-hydrogen) atoms. The van der Waals surface area contributed by atoms with Crippen LogP contribution >= 0.6 is 0 Å². The van der Waals surface area contributed by atoms with Gasteiger partial charge in [-0.2, -0.15) is 0 Å². The molecular weight excluding hydrogens is 244 g/mol. The van der Waals surface area contributed by atoms with E-state index in [0.29, 0.717) is 29.5 Å². The Kier molecular flexibility index (Phi) is 4.30. The second kappa shape index (κ2) is 6.15. The zero-order valence-corrected chi connectivity index (χ0v) is 10.9. The number of aliphatic hydroxyl groups is 1. The van der Waals surface area contributed by atoms with Crippen LogP contribution in [0.3, 0.4) is 0 Å². The number of aliphatic hydroxyl groups excluding tert-OH is 1. The maximum atomic E-state index is 10.3. The molecule has 0 fully saturated rings. The van der Waals surface area contributed by atoms with Gasteiger partial charge in [0.2, 0.25) is 5.88 Å². The van der Waals surface area contributed by atoms with Crippen molar-refractivity contribution < 1.29 is 14.6 Å². The van der Waals surface area contributed by atoms with Gasteiger partial charge in [-0.3, -0.25) is 4.98 Å². The van der Waals surface area contributed by atoms with Crippen LogP contribution in [0, 0.1) is 0 Å². The Labute approximate surface area is 111 Å². The van der Waals surface area contributed by atoms with Crippen LogP contribution in [0.15, 0.2) is 36.7 Å². The molecule has 2 heterocycles. The van der Waals surface area contributed by atoms with Crippen molar-refractivity contribution in [1.29, 1.82) is 0 Å². The lowest BCUT2D eigenvalue weighted by Crippen LogP contribution is -2.04. The lowest BCUT2D eigenvalue weighted by molar-refractivity contribution is 0.212. The Hall–Kier alpha value is -2.14. The van der Waals surface area contributed by atoms with Crippen LogP contribution in [-0.4, -0.2) is 28.8 Å². The lowest BCUT2D eigenvalue weighted by atomic mass is 10.1. The van der Waals surface area contributed by atoms with E-state index in [1.165, 1.54) is 7.11 Å². The summed E-state index contributed by atoms with van der Waals surface area (Å²) in [5.74, 6) is 1.09. The molecule has 0 amide bonds. The number of methoxy groups -OCH3 is 1. The summed E-state index contributed by atoms with van der Waals surface area (Å²) in [5.41, 5.74) is 1.14. The van der Waals surface area contributed by atoms with Crippen molar-refractivity contribution in [3.63, 3.8) is 0 Å². The van der Waals surface area contributed by atoms with E-state index in [2.05, 4.69) is 9.97 Å². The minimum Gasteiger partial charge on any atom is -0.492 e. The molecule has 0 aliphatic rings. The monoisotopic (exact) mass is 260 g/mol. The fourth-order valence-electron chi connectivity index (χ4n) is 1.70. The highest BCUT2D eigenvalue weighted by Gasteiger charge is 2.14. The normalized spacial score (nSPS) is 11.9. The molecule has 0 aliphatic heterocycles. The van der Waals surface area contributed by atoms with Crippen LogP contribution in [0.5, 0.6) is 11.6 Å². The summed E-state index contributed by atoms with van der Waals surface area (Å²) in [4.78, 5) is 8.25. The SMILES string of the molecule is CCOc1cncc(C(O)c2cccc(OC)n2)c1. The maximum absolute atomic E-state index is 10.3. The van der Waals surface area contributed by atoms with Crippen molar-refractivity contribution >= 4 is 0 Å². The van der Waals surface area contributed by atoms with E-state index in [-0.39, 0.29) is 0 Å². The molecule has 5 heteroatoms. The zero-order valence-electron chi connectivity index (χ0n) is 10.9. The smallest absolute Gasteiger partial charge is 0.213 e. The van der Waals surface area contributed by atoms with Gasteiger partial charge in [-0.25, -0.2) is 4.98 Å². The molecule has 2 aromatic rings. The van der Waals surface area contributed by atoms with E-state index < -0.39 is 6.10 Å². The Morgan fingerprint density at radius 1 is 1.32 bits per heavy atom. The Balaban J connectivity index is 2.27. The van der Waals surface area contributed by atoms with Gasteiger partial charge < -0.3 is 14.6 Å². The number of nitrogens with zero attached hydrogens (tertiary/aromatic N) is 2. The number of ether oxygens (including phenoxy) is 2. The molecular formula is C14H16N2O3. The number of hydrogen-bond donors (Lipinski definition) is 1. The van der Waals surface area contributed by atoms with Crippen LogP contribution in [-0.2, 0) is 0 Å². The standard InChI is InChI=1S/C14H16N2O3/c1-3-19-11-7-10(8-15-9-11)14(17)12-5-4-6-13(16-12)18-2/h4-9,14,17H,3H2,1-2H3. The molecule has 1 unspecified atom stereocenters. The largest absolute Gasteiger partial charge is 0.492 e. The highest BCUT2D eigenvalue weighted by atomic mass is 16.5. The minimum absolute atomic E-state index is 0.463. The molecule has 1 N–H and O–H groups in total. The number of aromatic nitrogens is 2. The van der Waals surface area contributed by atoms with Crippen molar-refractivity contribution in [3.8, 4) is 11.6 Å². The Morgan fingerprint density at radius 3 is 2.89 bits per heavy atom. The average Bonchev–Trinajstić information content (AvgIpc) is 2.47. The van der Waals surface area contributed by atoms with Gasteiger partial charge in [-0.05, 0) is 19.1 Å². The summed E-state index contributed by atoms with van der Waals surface area (Å²) in [7, 11) is 1.54. The quantitative estimate of drug-likeness (QED) is 0.890. The molecule has 0 saturated carbocycles. The topological polar surface area (TPSA) is 64.5 Å². The summed E-state index contributed by atoms with van der Waals surface area (Å²) in [5, 5.41) is 10.3. The summed E-state index contributed by atoms with van der Waals surface area (Å²) < 4.78 is 10.4. The fraction of sp³-hybridized carbons (Fsp3) is 0.286. The highest BCUT2D eigenvalue weighted by molar-refractivity contribution is 5.30. The first-order chi connectivity index (χ1) is 9.24. The molecule has 2 rings (SSSR count). The van der Waals surface area contributed by atoms with E-state index >= 15 is 0 Å². The average molecular weight is 260 g/mol. The highest BCUT2D eigenvalue weighted by Crippen LogP contribution is 2.24. The zero-order chi connectivity index (χ0) is 13.7. The molecule has 0 aromatic carbocycles. The van der Waals surface area contributed by atoms with E-state index in [1.807, 2.05) is 6.92 Å². The molecule has 0 spiro atoms. The van der Waals surface area contributed by atoms with E-state index in [9.17, 15) is 5.11 Å². The van der Waals surface area contributed by atoms with E-state index in [4.69, 9.17) is 9.47 Å². The molecule has 0 radical (unpaired) electrons. The Morgan fingerprint density at radius 2 is 2.16 bits per heavy atom. The molecule has 2 aromatic heterocycles. The van der Waals surface area contributed by atoms with Crippen LogP contribution < -0.4 is 9.47 Å². The van der Waals surface area contributed by atoms with Crippen molar-refractivity contribution in [3.05, 3.63) is 47.9 Å². The molecule has 0 aliphatic carbocycles. The van der Waals surface area contributed by atoms with Crippen molar-refractivity contribution in [1.82, 2.24) is 9.97 Å². The van der Waals surface area contributed by atoms with Gasteiger partial charge >= 0.3 is 0 Å². The number of rotatable bonds is 5. The third kappa shape index (κ3) is 3.20. The van der Waals surface area contributed by atoms with Crippen molar-refractivity contribution in [2.75, 3.05) is 13.7 Å².